The van der Waals surface area contributed by atoms with Gasteiger partial charge in [0.1, 0.15) is 6.26 Å². The summed E-state index contributed by atoms with van der Waals surface area (Å²) in [5, 5.41) is 0. The van der Waals surface area contributed by atoms with Crippen molar-refractivity contribution in [1.82, 2.24) is 9.88 Å². The molecule has 1 aromatic rings. The fourth-order valence-electron chi connectivity index (χ4n) is 2.08. The van der Waals surface area contributed by atoms with Crippen LogP contribution in [0.5, 0.6) is 0 Å². The van der Waals surface area contributed by atoms with Gasteiger partial charge in [0.05, 0.1) is 5.69 Å². The van der Waals surface area contributed by atoms with Gasteiger partial charge in [-0.25, -0.2) is 4.98 Å². The third-order valence-corrected chi connectivity index (χ3v) is 2.97. The number of piperidine rings is 1. The Bertz CT molecular complexity index is 295. The molecule has 2 heterocycles. The van der Waals surface area contributed by atoms with Crippen molar-refractivity contribution in [2.24, 2.45) is 0 Å². The van der Waals surface area contributed by atoms with Crippen LogP contribution >= 0.6 is 0 Å². The molecule has 1 atom stereocenters. The van der Waals surface area contributed by atoms with Crippen LogP contribution in [0.2, 0.25) is 0 Å². The molecule has 1 saturated heterocycles. The highest BCUT2D eigenvalue weighted by molar-refractivity contribution is 4.96. The minimum Gasteiger partial charge on any atom is -0.449 e. The first-order valence-electron chi connectivity index (χ1n) is 5.41. The van der Waals surface area contributed by atoms with E-state index in [9.17, 15) is 0 Å². The normalized spacial score (nSPS) is 24.0. The largest absolute Gasteiger partial charge is 0.449 e. The summed E-state index contributed by atoms with van der Waals surface area (Å²) in [5.41, 5.74) is 1.07. The Balaban J connectivity index is 1.95. The zero-order chi connectivity index (χ0) is 9.97. The highest BCUT2D eigenvalue weighted by Gasteiger charge is 2.18. The highest BCUT2D eigenvalue weighted by atomic mass is 16.3. The second-order valence-corrected chi connectivity index (χ2v) is 4.17. The molecule has 0 N–H and O–H groups in total. The van der Waals surface area contributed by atoms with E-state index < -0.39 is 0 Å². The van der Waals surface area contributed by atoms with E-state index in [0.29, 0.717) is 6.04 Å². The van der Waals surface area contributed by atoms with Gasteiger partial charge in [0.15, 0.2) is 5.89 Å². The van der Waals surface area contributed by atoms with E-state index in [1.165, 1.54) is 25.8 Å². The molecule has 3 nitrogen and oxygen atoms in total. The van der Waals surface area contributed by atoms with Gasteiger partial charge in [0, 0.05) is 19.5 Å². The van der Waals surface area contributed by atoms with Gasteiger partial charge in [0.25, 0.3) is 0 Å². The Morgan fingerprint density at radius 2 is 2.43 bits per heavy atom. The molecule has 1 aromatic heterocycles. The quantitative estimate of drug-likeness (QED) is 0.723. The topological polar surface area (TPSA) is 29.3 Å². The molecule has 0 aliphatic carbocycles. The summed E-state index contributed by atoms with van der Waals surface area (Å²) < 4.78 is 5.20. The van der Waals surface area contributed by atoms with Gasteiger partial charge in [-0.05, 0) is 26.3 Å². The van der Waals surface area contributed by atoms with Crippen molar-refractivity contribution in [2.45, 2.75) is 45.7 Å². The molecule has 3 heteroatoms. The number of aryl methyl sites for hydroxylation is 1. The summed E-state index contributed by atoms with van der Waals surface area (Å²) in [6.07, 6.45) is 5.78. The molecule has 1 aliphatic heterocycles. The fourth-order valence-corrected chi connectivity index (χ4v) is 2.08. The van der Waals surface area contributed by atoms with Crippen molar-refractivity contribution in [1.29, 1.82) is 0 Å². The summed E-state index contributed by atoms with van der Waals surface area (Å²) in [6.45, 7) is 6.33. The maximum Gasteiger partial charge on any atom is 0.191 e. The lowest BCUT2D eigenvalue weighted by Crippen LogP contribution is -2.36. The molecule has 0 amide bonds. The third-order valence-electron chi connectivity index (χ3n) is 2.97. The van der Waals surface area contributed by atoms with Crippen LogP contribution in [-0.2, 0) is 6.54 Å². The Labute approximate surface area is 85.1 Å². The summed E-state index contributed by atoms with van der Waals surface area (Å²) in [4.78, 5) is 6.82. The standard InChI is InChI=1S/C11H18N2O/c1-9-5-3-4-6-13(9)7-11-8-14-10(2)12-11/h8-9H,3-7H2,1-2H3. The van der Waals surface area contributed by atoms with Crippen LogP contribution in [-0.4, -0.2) is 22.5 Å². The Hall–Kier alpha value is -0.830. The SMILES string of the molecule is Cc1nc(CN2CCCCC2C)co1. The van der Waals surface area contributed by atoms with Gasteiger partial charge in [-0.15, -0.1) is 0 Å². The highest BCUT2D eigenvalue weighted by Crippen LogP contribution is 2.18. The van der Waals surface area contributed by atoms with Gasteiger partial charge in [-0.3, -0.25) is 4.90 Å². The van der Waals surface area contributed by atoms with Gasteiger partial charge >= 0.3 is 0 Å². The summed E-state index contributed by atoms with van der Waals surface area (Å²) in [5.74, 6) is 0.768. The summed E-state index contributed by atoms with van der Waals surface area (Å²) in [7, 11) is 0. The van der Waals surface area contributed by atoms with Crippen LogP contribution in [0, 0.1) is 6.92 Å². The van der Waals surface area contributed by atoms with Gasteiger partial charge < -0.3 is 4.42 Å². The van der Waals surface area contributed by atoms with E-state index in [0.717, 1.165) is 18.1 Å². The molecule has 0 bridgehead atoms. The second kappa shape index (κ2) is 4.13. The van der Waals surface area contributed by atoms with Crippen molar-refractivity contribution in [3.63, 3.8) is 0 Å². The monoisotopic (exact) mass is 194 g/mol. The Morgan fingerprint density at radius 1 is 1.57 bits per heavy atom. The number of likely N-dealkylation sites (tertiary alicyclic amines) is 1. The number of nitrogens with zero attached hydrogens (tertiary/aromatic N) is 2. The number of rotatable bonds is 2. The Morgan fingerprint density at radius 3 is 3.07 bits per heavy atom. The summed E-state index contributed by atoms with van der Waals surface area (Å²) in [6, 6.07) is 0.695. The number of hydrogen-bond donors (Lipinski definition) is 0. The molecule has 2 rings (SSSR count). The lowest BCUT2D eigenvalue weighted by molar-refractivity contribution is 0.151. The molecular formula is C11H18N2O. The zero-order valence-corrected chi connectivity index (χ0v) is 8.99. The minimum atomic E-state index is 0.695. The molecule has 1 fully saturated rings. The van der Waals surface area contributed by atoms with E-state index in [1.54, 1.807) is 6.26 Å². The van der Waals surface area contributed by atoms with Crippen LogP contribution in [0.15, 0.2) is 10.7 Å². The molecule has 78 valence electrons. The van der Waals surface area contributed by atoms with E-state index in [4.69, 9.17) is 4.42 Å². The lowest BCUT2D eigenvalue weighted by atomic mass is 10.0. The number of aromatic nitrogens is 1. The molecular weight excluding hydrogens is 176 g/mol. The van der Waals surface area contributed by atoms with Gasteiger partial charge in [0.2, 0.25) is 0 Å². The van der Waals surface area contributed by atoms with Crippen molar-refractivity contribution in [2.75, 3.05) is 6.54 Å². The maximum absolute atomic E-state index is 5.20. The van der Waals surface area contributed by atoms with Gasteiger partial charge in [-0.1, -0.05) is 6.42 Å². The van der Waals surface area contributed by atoms with Gasteiger partial charge in [-0.2, -0.15) is 0 Å². The maximum atomic E-state index is 5.20. The van der Waals surface area contributed by atoms with Crippen molar-refractivity contribution in [3.8, 4) is 0 Å². The molecule has 0 radical (unpaired) electrons. The van der Waals surface area contributed by atoms with Crippen LogP contribution in [0.25, 0.3) is 0 Å². The van der Waals surface area contributed by atoms with Crippen LogP contribution in [0.3, 0.4) is 0 Å². The molecule has 0 spiro atoms. The Kier molecular flexibility index (Phi) is 2.87. The van der Waals surface area contributed by atoms with Crippen LogP contribution in [0.1, 0.15) is 37.8 Å². The molecule has 1 aliphatic rings. The van der Waals surface area contributed by atoms with Crippen LogP contribution in [0.4, 0.5) is 0 Å². The summed E-state index contributed by atoms with van der Waals surface area (Å²) >= 11 is 0. The van der Waals surface area contributed by atoms with E-state index >= 15 is 0 Å². The lowest BCUT2D eigenvalue weighted by Gasteiger charge is -2.32. The average Bonchev–Trinajstić information content (AvgIpc) is 2.56. The molecule has 14 heavy (non-hydrogen) atoms. The van der Waals surface area contributed by atoms with Crippen molar-refractivity contribution >= 4 is 0 Å². The van der Waals surface area contributed by atoms with E-state index in [1.807, 2.05) is 6.92 Å². The second-order valence-electron chi connectivity index (χ2n) is 4.17. The predicted molar refractivity (Wildman–Crippen MR) is 55.0 cm³/mol. The average molecular weight is 194 g/mol. The fraction of sp³-hybridized carbons (Fsp3) is 0.727. The minimum absolute atomic E-state index is 0.695. The zero-order valence-electron chi connectivity index (χ0n) is 8.99. The number of oxazole rings is 1. The van der Waals surface area contributed by atoms with Crippen molar-refractivity contribution < 1.29 is 4.42 Å². The van der Waals surface area contributed by atoms with Crippen molar-refractivity contribution in [3.05, 3.63) is 17.8 Å². The third kappa shape index (κ3) is 2.15. The molecule has 0 aromatic carbocycles. The number of hydrogen-bond acceptors (Lipinski definition) is 3. The molecule has 0 saturated carbocycles. The molecule has 1 unspecified atom stereocenters. The smallest absolute Gasteiger partial charge is 0.191 e. The first-order valence-corrected chi connectivity index (χ1v) is 5.41. The van der Waals surface area contributed by atoms with Crippen LogP contribution < -0.4 is 0 Å². The predicted octanol–water partition coefficient (Wildman–Crippen LogP) is 2.36. The van der Waals surface area contributed by atoms with E-state index in [-0.39, 0.29) is 0 Å². The first-order chi connectivity index (χ1) is 6.75. The van der Waals surface area contributed by atoms with E-state index in [2.05, 4.69) is 16.8 Å². The first kappa shape index (κ1) is 9.71.